The van der Waals surface area contributed by atoms with Crippen molar-refractivity contribution < 1.29 is 22.0 Å². The lowest BCUT2D eigenvalue weighted by atomic mass is 10.1. The summed E-state index contributed by atoms with van der Waals surface area (Å²) in [5.41, 5.74) is 2.37. The number of carbonyl (C=O) groups is 1. The van der Waals surface area contributed by atoms with Gasteiger partial charge in [-0.3, -0.25) is 9.52 Å². The third-order valence-corrected chi connectivity index (χ3v) is 5.73. The quantitative estimate of drug-likeness (QED) is 0.710. The highest BCUT2D eigenvalue weighted by Crippen LogP contribution is 2.32. The van der Waals surface area contributed by atoms with Crippen molar-refractivity contribution in [1.82, 2.24) is 0 Å². The number of rotatable bonds is 5. The Morgan fingerprint density at radius 1 is 1.14 bits per heavy atom. The number of furan rings is 1. The first-order valence-electron chi connectivity index (χ1n) is 8.64. The number of hydrogen-bond acceptors (Lipinski definition) is 4. The Morgan fingerprint density at radius 2 is 2.00 bits per heavy atom. The molecule has 1 aromatic heterocycles. The highest BCUT2D eigenvalue weighted by atomic mass is 32.2. The summed E-state index contributed by atoms with van der Waals surface area (Å²) in [5, 5.41) is 0. The Morgan fingerprint density at radius 3 is 2.75 bits per heavy atom. The molecule has 8 heteroatoms. The van der Waals surface area contributed by atoms with E-state index in [9.17, 15) is 17.6 Å². The van der Waals surface area contributed by atoms with Crippen LogP contribution in [0.3, 0.4) is 0 Å². The first kappa shape index (κ1) is 18.2. The molecule has 0 fully saturated rings. The fraction of sp³-hybridized carbons (Fsp3) is 0.150. The number of carbonyl (C=O) groups excluding carboxylic acids is 1. The van der Waals surface area contributed by atoms with E-state index in [0.717, 1.165) is 11.3 Å². The molecule has 0 atom stereocenters. The predicted molar refractivity (Wildman–Crippen MR) is 103 cm³/mol. The van der Waals surface area contributed by atoms with Gasteiger partial charge >= 0.3 is 0 Å². The van der Waals surface area contributed by atoms with E-state index in [1.165, 1.54) is 24.5 Å². The zero-order valence-corrected chi connectivity index (χ0v) is 15.6. The molecule has 0 unspecified atom stereocenters. The van der Waals surface area contributed by atoms with Crippen molar-refractivity contribution in [3.8, 4) is 0 Å². The van der Waals surface area contributed by atoms with E-state index in [4.69, 9.17) is 4.42 Å². The van der Waals surface area contributed by atoms with Crippen molar-refractivity contribution in [1.29, 1.82) is 0 Å². The normalized spacial score (nSPS) is 13.4. The van der Waals surface area contributed by atoms with Crippen molar-refractivity contribution in [2.24, 2.45) is 0 Å². The fourth-order valence-corrected chi connectivity index (χ4v) is 4.45. The van der Waals surface area contributed by atoms with Gasteiger partial charge in [0.1, 0.15) is 5.82 Å². The van der Waals surface area contributed by atoms with Gasteiger partial charge in [0.15, 0.2) is 5.76 Å². The second-order valence-corrected chi connectivity index (χ2v) is 8.24. The molecule has 144 valence electrons. The van der Waals surface area contributed by atoms with E-state index < -0.39 is 15.8 Å². The molecule has 1 amide bonds. The number of anilines is 2. The molecule has 0 saturated carbocycles. The predicted octanol–water partition coefficient (Wildman–Crippen LogP) is 3.56. The van der Waals surface area contributed by atoms with Crippen LogP contribution in [0.15, 0.2) is 65.3 Å². The third kappa shape index (κ3) is 3.77. The van der Waals surface area contributed by atoms with Crippen LogP contribution in [0.25, 0.3) is 0 Å². The largest absolute Gasteiger partial charge is 0.459 e. The number of sulfonamides is 1. The highest BCUT2D eigenvalue weighted by molar-refractivity contribution is 7.91. The summed E-state index contributed by atoms with van der Waals surface area (Å²) in [6.07, 6.45) is 2.06. The molecular formula is C20H17FN2O4S. The van der Waals surface area contributed by atoms with Gasteiger partial charge in [0.25, 0.3) is 5.91 Å². The number of fused-ring (bicyclic) bond motifs is 1. The van der Waals surface area contributed by atoms with Crippen LogP contribution in [-0.2, 0) is 22.2 Å². The number of amides is 1. The van der Waals surface area contributed by atoms with E-state index in [1.807, 2.05) is 0 Å². The maximum atomic E-state index is 13.3. The summed E-state index contributed by atoms with van der Waals surface area (Å²) in [4.78, 5) is 14.1. The lowest BCUT2D eigenvalue weighted by Crippen LogP contribution is -2.28. The second kappa shape index (κ2) is 7.12. The molecule has 0 saturated heterocycles. The summed E-state index contributed by atoms with van der Waals surface area (Å²) in [5.74, 6) is -0.784. The Hall–Kier alpha value is -3.13. The third-order valence-electron chi connectivity index (χ3n) is 4.47. The van der Waals surface area contributed by atoms with Crippen molar-refractivity contribution in [3.63, 3.8) is 0 Å². The maximum absolute atomic E-state index is 13.3. The summed E-state index contributed by atoms with van der Waals surface area (Å²) in [6, 6.07) is 13.8. The average molecular weight is 400 g/mol. The Bertz CT molecular complexity index is 1130. The van der Waals surface area contributed by atoms with Crippen LogP contribution in [-0.4, -0.2) is 20.9 Å². The average Bonchev–Trinajstić information content (AvgIpc) is 3.30. The van der Waals surface area contributed by atoms with Crippen molar-refractivity contribution in [3.05, 3.63) is 83.6 Å². The minimum Gasteiger partial charge on any atom is -0.459 e. The lowest BCUT2D eigenvalue weighted by molar-refractivity contribution is 0.0963. The van der Waals surface area contributed by atoms with Crippen LogP contribution >= 0.6 is 0 Å². The zero-order valence-electron chi connectivity index (χ0n) is 14.8. The number of halogens is 1. The Kier molecular flexibility index (Phi) is 4.64. The van der Waals surface area contributed by atoms with E-state index in [0.29, 0.717) is 24.2 Å². The van der Waals surface area contributed by atoms with Crippen LogP contribution in [0.5, 0.6) is 0 Å². The smallest absolute Gasteiger partial charge is 0.293 e. The van der Waals surface area contributed by atoms with Gasteiger partial charge in [-0.2, -0.15) is 0 Å². The number of benzene rings is 2. The molecule has 0 spiro atoms. The second-order valence-electron chi connectivity index (χ2n) is 6.52. The van der Waals surface area contributed by atoms with Gasteiger partial charge in [0.05, 0.1) is 12.0 Å². The van der Waals surface area contributed by atoms with E-state index in [1.54, 1.807) is 41.3 Å². The topological polar surface area (TPSA) is 79.6 Å². The van der Waals surface area contributed by atoms with Gasteiger partial charge in [-0.25, -0.2) is 12.8 Å². The van der Waals surface area contributed by atoms with Gasteiger partial charge < -0.3 is 9.32 Å². The standard InChI is InChI=1S/C20H17FN2O4S/c21-16-4-1-3-14(11-16)13-28(25,26)22-17-6-7-18-15(12-17)8-9-23(18)20(24)19-5-2-10-27-19/h1-7,10-12,22H,8-9,13H2. The minimum atomic E-state index is -3.70. The summed E-state index contributed by atoms with van der Waals surface area (Å²) >= 11 is 0. The highest BCUT2D eigenvalue weighted by Gasteiger charge is 2.27. The van der Waals surface area contributed by atoms with Gasteiger partial charge in [0, 0.05) is 17.9 Å². The minimum absolute atomic E-state index is 0.233. The van der Waals surface area contributed by atoms with Gasteiger partial charge in [-0.05, 0) is 60.0 Å². The molecule has 0 aliphatic carbocycles. The molecule has 1 aliphatic rings. The SMILES string of the molecule is O=C(c1ccco1)N1CCc2cc(NS(=O)(=O)Cc3cccc(F)c3)ccc21. The van der Waals surface area contributed by atoms with Crippen molar-refractivity contribution in [2.45, 2.75) is 12.2 Å². The van der Waals surface area contributed by atoms with E-state index in [-0.39, 0.29) is 17.4 Å². The number of hydrogen-bond donors (Lipinski definition) is 1. The van der Waals surface area contributed by atoms with Crippen LogP contribution < -0.4 is 9.62 Å². The molecule has 4 rings (SSSR count). The van der Waals surface area contributed by atoms with Crippen LogP contribution in [0.2, 0.25) is 0 Å². The van der Waals surface area contributed by atoms with Crippen molar-refractivity contribution >= 4 is 27.3 Å². The maximum Gasteiger partial charge on any atom is 0.293 e. The van der Waals surface area contributed by atoms with Crippen LogP contribution in [0, 0.1) is 5.82 Å². The van der Waals surface area contributed by atoms with Gasteiger partial charge in [0.2, 0.25) is 10.0 Å². The van der Waals surface area contributed by atoms with E-state index in [2.05, 4.69) is 4.72 Å². The van der Waals surface area contributed by atoms with Gasteiger partial charge in [-0.1, -0.05) is 12.1 Å². The van der Waals surface area contributed by atoms with Crippen LogP contribution in [0.1, 0.15) is 21.7 Å². The number of nitrogens with one attached hydrogen (secondary N) is 1. The first-order valence-corrected chi connectivity index (χ1v) is 10.3. The van der Waals surface area contributed by atoms with Crippen LogP contribution in [0.4, 0.5) is 15.8 Å². The molecule has 28 heavy (non-hydrogen) atoms. The molecule has 0 radical (unpaired) electrons. The summed E-state index contributed by atoms with van der Waals surface area (Å²) in [6.45, 7) is 0.494. The zero-order chi connectivity index (χ0) is 19.7. The Labute approximate surface area is 161 Å². The molecule has 2 heterocycles. The van der Waals surface area contributed by atoms with Crippen molar-refractivity contribution in [2.75, 3.05) is 16.2 Å². The molecule has 1 N–H and O–H groups in total. The fourth-order valence-electron chi connectivity index (χ4n) is 3.27. The molecule has 1 aliphatic heterocycles. The van der Waals surface area contributed by atoms with Gasteiger partial charge in [-0.15, -0.1) is 0 Å². The molecule has 3 aromatic rings. The summed E-state index contributed by atoms with van der Waals surface area (Å²) < 4.78 is 45.7. The summed E-state index contributed by atoms with van der Waals surface area (Å²) in [7, 11) is -3.70. The monoisotopic (exact) mass is 400 g/mol. The first-order chi connectivity index (χ1) is 13.4. The van der Waals surface area contributed by atoms with E-state index >= 15 is 0 Å². The molecule has 6 nitrogen and oxygen atoms in total. The molecule has 0 bridgehead atoms. The molecular weight excluding hydrogens is 383 g/mol. The number of nitrogens with zero attached hydrogens (tertiary/aromatic N) is 1. The lowest BCUT2D eigenvalue weighted by Gasteiger charge is -2.16. The molecule has 2 aromatic carbocycles. The Balaban J connectivity index is 1.51.